The van der Waals surface area contributed by atoms with Gasteiger partial charge in [0.1, 0.15) is 5.82 Å². The standard InChI is InChI=1S/C53H34N4/c1-3-16-34(17-4-1)46-28-15-31-51(54-46)57-49-30-12-8-21-37(49)41-25-14-26-42(53(41)57)44-33-50-45(38-22-9-11-29-48(38)56(50)35-18-5-2-6-19-35)32-43(44)40-24-13-23-39-36-20-7-10-27-47(36)55-52(39)40/h1-33,55H. The number of rotatable bonds is 5. The van der Waals surface area contributed by atoms with Crippen LogP contribution in [-0.2, 0) is 0 Å². The Kier molecular flexibility index (Phi) is 6.89. The lowest BCUT2D eigenvalue weighted by molar-refractivity contribution is 1.08. The zero-order valence-corrected chi connectivity index (χ0v) is 30.9. The number of para-hydroxylation sites is 6. The van der Waals surface area contributed by atoms with Gasteiger partial charge in [-0.3, -0.25) is 4.57 Å². The Hall–Kier alpha value is -7.69. The van der Waals surface area contributed by atoms with Crippen molar-refractivity contribution in [3.8, 4) is 45.0 Å². The molecule has 57 heavy (non-hydrogen) atoms. The van der Waals surface area contributed by atoms with Gasteiger partial charge >= 0.3 is 0 Å². The van der Waals surface area contributed by atoms with E-state index in [0.29, 0.717) is 0 Å². The summed E-state index contributed by atoms with van der Waals surface area (Å²) in [4.78, 5) is 9.19. The minimum Gasteiger partial charge on any atom is -0.354 e. The van der Waals surface area contributed by atoms with Gasteiger partial charge in [-0.05, 0) is 65.7 Å². The van der Waals surface area contributed by atoms with Crippen LogP contribution in [0.2, 0.25) is 0 Å². The van der Waals surface area contributed by atoms with E-state index >= 15 is 0 Å². The Morgan fingerprint density at radius 1 is 0.368 bits per heavy atom. The third-order valence-electron chi connectivity index (χ3n) is 11.7. The first-order valence-electron chi connectivity index (χ1n) is 19.5. The van der Waals surface area contributed by atoms with E-state index in [2.05, 4.69) is 214 Å². The molecule has 4 heteroatoms. The lowest BCUT2D eigenvalue weighted by Gasteiger charge is -2.17. The molecule has 0 saturated heterocycles. The van der Waals surface area contributed by atoms with E-state index in [1.54, 1.807) is 0 Å². The first-order chi connectivity index (χ1) is 28.3. The summed E-state index contributed by atoms with van der Waals surface area (Å²) in [5.41, 5.74) is 14.7. The summed E-state index contributed by atoms with van der Waals surface area (Å²) >= 11 is 0. The van der Waals surface area contributed by atoms with Crippen molar-refractivity contribution in [3.05, 3.63) is 200 Å². The molecule has 0 atom stereocenters. The largest absolute Gasteiger partial charge is 0.354 e. The van der Waals surface area contributed by atoms with Crippen LogP contribution in [0.25, 0.3) is 110 Å². The van der Waals surface area contributed by atoms with E-state index < -0.39 is 0 Å². The van der Waals surface area contributed by atoms with Crippen LogP contribution in [0.3, 0.4) is 0 Å². The van der Waals surface area contributed by atoms with Crippen LogP contribution in [0.1, 0.15) is 0 Å². The molecule has 0 amide bonds. The van der Waals surface area contributed by atoms with Gasteiger partial charge in [0.05, 0.1) is 33.3 Å². The molecular formula is C53H34N4. The van der Waals surface area contributed by atoms with Gasteiger partial charge in [0.25, 0.3) is 0 Å². The second-order valence-electron chi connectivity index (χ2n) is 14.8. The Labute approximate surface area is 328 Å². The number of pyridine rings is 1. The van der Waals surface area contributed by atoms with Crippen molar-refractivity contribution >= 4 is 65.4 Å². The number of nitrogens with one attached hydrogen (secondary N) is 1. The highest BCUT2D eigenvalue weighted by Gasteiger charge is 2.23. The van der Waals surface area contributed by atoms with E-state index in [1.807, 2.05) is 0 Å². The van der Waals surface area contributed by atoms with Gasteiger partial charge in [-0.2, -0.15) is 0 Å². The van der Waals surface area contributed by atoms with Crippen molar-refractivity contribution in [1.82, 2.24) is 19.1 Å². The summed E-state index contributed by atoms with van der Waals surface area (Å²) < 4.78 is 4.79. The predicted molar refractivity (Wildman–Crippen MR) is 239 cm³/mol. The van der Waals surface area contributed by atoms with Crippen LogP contribution in [0.5, 0.6) is 0 Å². The van der Waals surface area contributed by atoms with Crippen molar-refractivity contribution in [2.75, 3.05) is 0 Å². The lowest BCUT2D eigenvalue weighted by atomic mass is 9.90. The maximum absolute atomic E-state index is 5.35. The van der Waals surface area contributed by atoms with E-state index in [1.165, 1.54) is 49.0 Å². The highest BCUT2D eigenvalue weighted by molar-refractivity contribution is 6.19. The fourth-order valence-electron chi connectivity index (χ4n) is 9.20. The molecule has 8 aromatic carbocycles. The fourth-order valence-corrected chi connectivity index (χ4v) is 9.20. The highest BCUT2D eigenvalue weighted by Crippen LogP contribution is 2.46. The van der Waals surface area contributed by atoms with E-state index in [0.717, 1.165) is 61.5 Å². The van der Waals surface area contributed by atoms with E-state index in [-0.39, 0.29) is 0 Å². The SMILES string of the molecule is c1ccc(-c2cccc(-n3c4ccccc4c4cccc(-c5cc6c(cc5-c5cccc7c5[nH]c5ccccc57)c5ccccc5n6-c5ccccc5)c43)n2)cc1. The van der Waals surface area contributed by atoms with Crippen molar-refractivity contribution in [1.29, 1.82) is 0 Å². The summed E-state index contributed by atoms with van der Waals surface area (Å²) in [6.45, 7) is 0. The molecule has 4 nitrogen and oxygen atoms in total. The number of aromatic nitrogens is 4. The molecule has 0 spiro atoms. The van der Waals surface area contributed by atoms with Gasteiger partial charge in [0.15, 0.2) is 0 Å². The third-order valence-corrected chi connectivity index (χ3v) is 11.7. The van der Waals surface area contributed by atoms with Gasteiger partial charge in [0, 0.05) is 60.2 Å². The van der Waals surface area contributed by atoms with Gasteiger partial charge in [-0.15, -0.1) is 0 Å². The summed E-state index contributed by atoms with van der Waals surface area (Å²) in [7, 11) is 0. The molecule has 4 heterocycles. The lowest BCUT2D eigenvalue weighted by Crippen LogP contribution is -2.00. The first-order valence-corrected chi connectivity index (χ1v) is 19.5. The maximum Gasteiger partial charge on any atom is 0.138 e. The summed E-state index contributed by atoms with van der Waals surface area (Å²) in [6.07, 6.45) is 0. The molecule has 266 valence electrons. The average molecular weight is 727 g/mol. The fraction of sp³-hybridized carbons (Fsp3) is 0. The Morgan fingerprint density at radius 2 is 0.965 bits per heavy atom. The normalized spacial score (nSPS) is 11.9. The topological polar surface area (TPSA) is 38.5 Å². The number of benzene rings is 8. The van der Waals surface area contributed by atoms with E-state index in [9.17, 15) is 0 Å². The first kappa shape index (κ1) is 31.6. The number of hydrogen-bond acceptors (Lipinski definition) is 1. The van der Waals surface area contributed by atoms with Crippen molar-refractivity contribution < 1.29 is 0 Å². The molecule has 0 aliphatic heterocycles. The second kappa shape index (κ2) is 12.4. The number of nitrogens with zero attached hydrogens (tertiary/aromatic N) is 3. The number of hydrogen-bond donors (Lipinski definition) is 1. The quantitative estimate of drug-likeness (QED) is 0.188. The predicted octanol–water partition coefficient (Wildman–Crippen LogP) is 13.9. The summed E-state index contributed by atoms with van der Waals surface area (Å²) in [5, 5.41) is 7.27. The zero-order chi connectivity index (χ0) is 37.5. The third kappa shape index (κ3) is 4.77. The van der Waals surface area contributed by atoms with Crippen LogP contribution in [0.4, 0.5) is 0 Å². The molecular weight excluding hydrogens is 693 g/mol. The minimum absolute atomic E-state index is 0.883. The van der Waals surface area contributed by atoms with Crippen LogP contribution < -0.4 is 0 Å². The van der Waals surface area contributed by atoms with Crippen LogP contribution in [0.15, 0.2) is 200 Å². The van der Waals surface area contributed by atoms with E-state index in [4.69, 9.17) is 4.98 Å². The monoisotopic (exact) mass is 726 g/mol. The number of aromatic amines is 1. The van der Waals surface area contributed by atoms with Gasteiger partial charge in [-0.25, -0.2) is 4.98 Å². The van der Waals surface area contributed by atoms with Crippen molar-refractivity contribution in [2.45, 2.75) is 0 Å². The van der Waals surface area contributed by atoms with Crippen molar-refractivity contribution in [2.24, 2.45) is 0 Å². The molecule has 4 aromatic heterocycles. The Morgan fingerprint density at radius 3 is 1.77 bits per heavy atom. The van der Waals surface area contributed by atoms with Crippen LogP contribution in [-0.4, -0.2) is 19.1 Å². The van der Waals surface area contributed by atoms with Gasteiger partial charge in [-0.1, -0.05) is 146 Å². The highest BCUT2D eigenvalue weighted by atomic mass is 15.1. The molecule has 0 bridgehead atoms. The number of fused-ring (bicyclic) bond motifs is 9. The molecule has 12 aromatic rings. The van der Waals surface area contributed by atoms with Crippen LogP contribution in [0, 0.1) is 0 Å². The van der Waals surface area contributed by atoms with Gasteiger partial charge in [0.2, 0.25) is 0 Å². The Balaban J connectivity index is 1.24. The molecule has 0 radical (unpaired) electrons. The molecule has 0 aliphatic rings. The molecule has 12 rings (SSSR count). The summed E-state index contributed by atoms with van der Waals surface area (Å²) in [6, 6.07) is 72.0. The molecule has 0 aliphatic carbocycles. The molecule has 0 fully saturated rings. The van der Waals surface area contributed by atoms with Crippen molar-refractivity contribution in [3.63, 3.8) is 0 Å². The zero-order valence-electron chi connectivity index (χ0n) is 30.9. The smallest absolute Gasteiger partial charge is 0.138 e. The average Bonchev–Trinajstić information content (AvgIpc) is 3.94. The maximum atomic E-state index is 5.35. The Bertz CT molecular complexity index is 3510. The molecule has 1 N–H and O–H groups in total. The second-order valence-corrected chi connectivity index (χ2v) is 14.8. The van der Waals surface area contributed by atoms with Crippen LogP contribution >= 0.6 is 0 Å². The van der Waals surface area contributed by atoms with Gasteiger partial charge < -0.3 is 9.55 Å². The number of H-pyrrole nitrogens is 1. The summed E-state index contributed by atoms with van der Waals surface area (Å²) in [5.74, 6) is 0.883. The minimum atomic E-state index is 0.883. The molecule has 0 unspecified atom stereocenters. The molecule has 0 saturated carbocycles.